The van der Waals surface area contributed by atoms with E-state index in [9.17, 15) is 28.2 Å². The van der Waals surface area contributed by atoms with Crippen LogP contribution in [0.4, 0.5) is 9.59 Å². The van der Waals surface area contributed by atoms with Crippen molar-refractivity contribution in [2.75, 3.05) is 46.6 Å². The molecule has 47 heavy (non-hydrogen) atoms. The summed E-state index contributed by atoms with van der Waals surface area (Å²) in [6, 6.07) is 13.6. The standard InChI is InChI=1S/C33H47N3O10S/c1-5-44-31(38)34-17-16-33(2,3)22-35(47(41,42)25-13-11-24(43-4)12-14-25)20-29(37)27(19-23-9-7-6-8-10-23)36(32(39)40)28-21-46-30-26(28)15-18-45-30/h6-14,26-30,37H,5,15-22H2,1-4H3,(H,34,38)(H,39,40)/t26-,27-,28-,29+,30+/m0/s1. The largest absolute Gasteiger partial charge is 0.497 e. The van der Waals surface area contributed by atoms with Crippen LogP contribution in [0.5, 0.6) is 5.75 Å². The molecule has 14 heteroatoms. The van der Waals surface area contributed by atoms with Crippen LogP contribution in [0, 0.1) is 11.3 Å². The molecule has 0 radical (unpaired) electrons. The summed E-state index contributed by atoms with van der Waals surface area (Å²) in [5.74, 6) is 0.274. The summed E-state index contributed by atoms with van der Waals surface area (Å²) in [4.78, 5) is 26.1. The number of alkyl carbamates (subject to hydrolysis) is 1. The number of hydrogen-bond acceptors (Lipinski definition) is 9. The first-order chi connectivity index (χ1) is 22.4. The summed E-state index contributed by atoms with van der Waals surface area (Å²) in [6.45, 7) is 6.02. The Labute approximate surface area is 276 Å². The number of carbonyl (C=O) groups excluding carboxylic acids is 1. The lowest BCUT2D eigenvalue weighted by Gasteiger charge is -2.40. The van der Waals surface area contributed by atoms with Gasteiger partial charge in [-0.25, -0.2) is 18.0 Å². The van der Waals surface area contributed by atoms with Crippen molar-refractivity contribution >= 4 is 22.2 Å². The number of aliphatic hydroxyl groups is 1. The van der Waals surface area contributed by atoms with Gasteiger partial charge < -0.3 is 34.5 Å². The third-order valence-corrected chi connectivity index (χ3v) is 10.5. The third kappa shape index (κ3) is 9.35. The molecule has 2 amide bonds. The molecule has 4 rings (SSSR count). The molecule has 2 fully saturated rings. The highest BCUT2D eigenvalue weighted by molar-refractivity contribution is 7.89. The lowest BCUT2D eigenvalue weighted by Crippen LogP contribution is -2.58. The van der Waals surface area contributed by atoms with E-state index in [2.05, 4.69) is 5.32 Å². The van der Waals surface area contributed by atoms with Crippen molar-refractivity contribution in [1.29, 1.82) is 0 Å². The molecule has 13 nitrogen and oxygen atoms in total. The number of amides is 2. The quantitative estimate of drug-likeness (QED) is 0.239. The van der Waals surface area contributed by atoms with Crippen molar-refractivity contribution in [3.63, 3.8) is 0 Å². The van der Waals surface area contributed by atoms with Gasteiger partial charge in [0.2, 0.25) is 10.0 Å². The number of carboxylic acid groups (broad SMARTS) is 1. The van der Waals surface area contributed by atoms with Gasteiger partial charge in [-0.05, 0) is 61.4 Å². The molecule has 2 aliphatic heterocycles. The van der Waals surface area contributed by atoms with Gasteiger partial charge >= 0.3 is 12.2 Å². The van der Waals surface area contributed by atoms with Crippen LogP contribution in [0.25, 0.3) is 0 Å². The fraction of sp³-hybridized carbons (Fsp3) is 0.576. The molecule has 0 aliphatic carbocycles. The minimum atomic E-state index is -4.19. The highest BCUT2D eigenvalue weighted by Crippen LogP contribution is 2.36. The molecule has 5 atom stereocenters. The molecular weight excluding hydrogens is 630 g/mol. The van der Waals surface area contributed by atoms with E-state index in [1.807, 2.05) is 44.2 Å². The summed E-state index contributed by atoms with van der Waals surface area (Å²) in [6.07, 6.45) is -2.59. The zero-order chi connectivity index (χ0) is 34.2. The van der Waals surface area contributed by atoms with Gasteiger partial charge in [-0.3, -0.25) is 4.90 Å². The molecule has 2 aromatic rings. The Bertz CT molecular complexity index is 1420. The summed E-state index contributed by atoms with van der Waals surface area (Å²) in [5, 5.41) is 25.2. The molecule has 0 aromatic heterocycles. The fourth-order valence-corrected chi connectivity index (χ4v) is 7.90. The number of fused-ring (bicyclic) bond motifs is 1. The van der Waals surface area contributed by atoms with E-state index in [-0.39, 0.29) is 50.1 Å². The molecule has 0 spiro atoms. The molecule has 2 aromatic carbocycles. The maximum atomic E-state index is 14.2. The van der Waals surface area contributed by atoms with E-state index in [0.29, 0.717) is 25.2 Å². The Morgan fingerprint density at radius 1 is 1.11 bits per heavy atom. The lowest BCUT2D eigenvalue weighted by atomic mass is 9.89. The summed E-state index contributed by atoms with van der Waals surface area (Å²) < 4.78 is 51.2. The number of nitrogens with one attached hydrogen (secondary N) is 1. The first-order valence-electron chi connectivity index (χ1n) is 15.9. The van der Waals surface area contributed by atoms with Gasteiger partial charge in [-0.2, -0.15) is 4.31 Å². The minimum Gasteiger partial charge on any atom is -0.497 e. The van der Waals surface area contributed by atoms with E-state index in [0.717, 1.165) is 5.56 Å². The number of rotatable bonds is 16. The molecule has 2 heterocycles. The molecule has 2 saturated heterocycles. The second-order valence-corrected chi connectivity index (χ2v) is 14.6. The van der Waals surface area contributed by atoms with E-state index in [1.54, 1.807) is 19.1 Å². The molecular formula is C33H47N3O10S. The van der Waals surface area contributed by atoms with Gasteiger partial charge in [-0.1, -0.05) is 44.2 Å². The van der Waals surface area contributed by atoms with E-state index >= 15 is 0 Å². The van der Waals surface area contributed by atoms with Crippen LogP contribution in [-0.4, -0.2) is 111 Å². The number of benzene rings is 2. The van der Waals surface area contributed by atoms with E-state index in [4.69, 9.17) is 18.9 Å². The molecule has 260 valence electrons. The molecule has 3 N–H and O–H groups in total. The minimum absolute atomic E-state index is 0.00390. The molecule has 2 aliphatic rings. The number of ether oxygens (including phenoxy) is 4. The number of aliphatic hydroxyl groups excluding tert-OH is 1. The van der Waals surface area contributed by atoms with Gasteiger partial charge in [0.15, 0.2) is 6.29 Å². The van der Waals surface area contributed by atoms with Crippen LogP contribution < -0.4 is 10.1 Å². The monoisotopic (exact) mass is 677 g/mol. The number of sulfonamides is 1. The lowest BCUT2D eigenvalue weighted by molar-refractivity contribution is -0.0906. The van der Waals surface area contributed by atoms with Crippen LogP contribution >= 0.6 is 0 Å². The highest BCUT2D eigenvalue weighted by atomic mass is 32.2. The summed E-state index contributed by atoms with van der Waals surface area (Å²) >= 11 is 0. The predicted octanol–water partition coefficient (Wildman–Crippen LogP) is 3.56. The van der Waals surface area contributed by atoms with Crippen molar-refractivity contribution in [1.82, 2.24) is 14.5 Å². The van der Waals surface area contributed by atoms with Gasteiger partial charge in [-0.15, -0.1) is 0 Å². The zero-order valence-corrected chi connectivity index (χ0v) is 28.2. The van der Waals surface area contributed by atoms with Crippen LogP contribution in [0.3, 0.4) is 0 Å². The topological polar surface area (TPSA) is 164 Å². The van der Waals surface area contributed by atoms with Crippen molar-refractivity contribution in [2.45, 2.75) is 69.4 Å². The number of carbonyl (C=O) groups is 2. The molecule has 0 saturated carbocycles. The molecule has 0 unspecified atom stereocenters. The van der Waals surface area contributed by atoms with Crippen molar-refractivity contribution < 1.29 is 47.2 Å². The smallest absolute Gasteiger partial charge is 0.407 e. The highest BCUT2D eigenvalue weighted by Gasteiger charge is 2.49. The van der Waals surface area contributed by atoms with Crippen LogP contribution in [-0.2, 0) is 30.7 Å². The Kier molecular flexibility index (Phi) is 12.5. The van der Waals surface area contributed by atoms with E-state index in [1.165, 1.54) is 28.4 Å². The second-order valence-electron chi connectivity index (χ2n) is 12.6. The van der Waals surface area contributed by atoms with Crippen molar-refractivity contribution in [3.05, 3.63) is 60.2 Å². The average Bonchev–Trinajstić information content (AvgIpc) is 3.66. The SMILES string of the molecule is CCOC(=O)NCCC(C)(C)CN(C[C@@H](O)[C@H](Cc1ccccc1)N(C(=O)O)[C@H]1CO[C@H]2OCC[C@H]21)S(=O)(=O)c1ccc(OC)cc1. The normalized spacial score (nSPS) is 20.8. The van der Waals surface area contributed by atoms with E-state index < -0.39 is 52.1 Å². The first-order valence-corrected chi connectivity index (χ1v) is 17.3. The fourth-order valence-electron chi connectivity index (χ4n) is 6.25. The maximum absolute atomic E-state index is 14.2. The maximum Gasteiger partial charge on any atom is 0.407 e. The molecule has 0 bridgehead atoms. The van der Waals surface area contributed by atoms with Crippen molar-refractivity contribution in [2.24, 2.45) is 11.3 Å². The number of methoxy groups -OCH3 is 1. The Hall–Kier alpha value is -3.43. The van der Waals surface area contributed by atoms with Gasteiger partial charge in [0.25, 0.3) is 0 Å². The van der Waals surface area contributed by atoms with Gasteiger partial charge in [0.05, 0.1) is 50.0 Å². The third-order valence-electron chi connectivity index (χ3n) is 8.71. The van der Waals surface area contributed by atoms with Gasteiger partial charge in [0.1, 0.15) is 5.75 Å². The Morgan fingerprint density at radius 2 is 1.81 bits per heavy atom. The zero-order valence-electron chi connectivity index (χ0n) is 27.4. The van der Waals surface area contributed by atoms with Crippen LogP contribution in [0.15, 0.2) is 59.5 Å². The van der Waals surface area contributed by atoms with Crippen LogP contribution in [0.1, 0.15) is 39.2 Å². The van der Waals surface area contributed by atoms with Crippen molar-refractivity contribution in [3.8, 4) is 5.75 Å². The number of nitrogens with zero attached hydrogens (tertiary/aromatic N) is 2. The summed E-state index contributed by atoms with van der Waals surface area (Å²) in [5.41, 5.74) is 0.115. The van der Waals surface area contributed by atoms with Gasteiger partial charge in [0, 0.05) is 25.6 Å². The first kappa shape index (κ1) is 36.4. The van der Waals surface area contributed by atoms with Crippen LogP contribution in [0.2, 0.25) is 0 Å². The predicted molar refractivity (Wildman–Crippen MR) is 173 cm³/mol. The Morgan fingerprint density at radius 3 is 2.45 bits per heavy atom. The second kappa shape index (κ2) is 16.1. The summed E-state index contributed by atoms with van der Waals surface area (Å²) in [7, 11) is -2.71. The Balaban J connectivity index is 1.67. The average molecular weight is 678 g/mol. The number of hydrogen-bond donors (Lipinski definition) is 3.